The minimum Gasteiger partial charge on any atom is -0.493 e. The van der Waals surface area contributed by atoms with E-state index in [1.807, 2.05) is 13.8 Å². The Labute approximate surface area is 123 Å². The van der Waals surface area contributed by atoms with Crippen molar-refractivity contribution >= 4 is 17.6 Å². The molecule has 0 aliphatic rings. The van der Waals surface area contributed by atoms with E-state index in [0.717, 1.165) is 6.42 Å². The standard InChI is InChI=1S/C14H20ClNO4/c1-5-8(2)16-12(14(17)18)9-6-7-10(19-3)13(20-4)11(9)15/h6-8,12,16H,5H2,1-4H3,(H,17,18). The summed E-state index contributed by atoms with van der Waals surface area (Å²) in [6.07, 6.45) is 0.814. The third kappa shape index (κ3) is 3.55. The number of halogens is 1. The fraction of sp³-hybridized carbons (Fsp3) is 0.500. The number of ether oxygens (including phenoxy) is 2. The fourth-order valence-electron chi connectivity index (χ4n) is 1.82. The van der Waals surface area contributed by atoms with E-state index in [0.29, 0.717) is 17.1 Å². The lowest BCUT2D eigenvalue weighted by Gasteiger charge is -2.22. The fourth-order valence-corrected chi connectivity index (χ4v) is 2.17. The quantitative estimate of drug-likeness (QED) is 0.810. The van der Waals surface area contributed by atoms with E-state index in [1.165, 1.54) is 14.2 Å². The second-order valence-electron chi connectivity index (χ2n) is 4.45. The Kier molecular flexibility index (Phi) is 6.10. The minimum atomic E-state index is -0.987. The predicted octanol–water partition coefficient (Wildman–Crippen LogP) is 2.87. The van der Waals surface area contributed by atoms with Crippen molar-refractivity contribution in [3.8, 4) is 11.5 Å². The van der Waals surface area contributed by atoms with Crippen LogP contribution in [0.5, 0.6) is 11.5 Å². The van der Waals surface area contributed by atoms with Crippen molar-refractivity contribution in [2.45, 2.75) is 32.4 Å². The highest BCUT2D eigenvalue weighted by atomic mass is 35.5. The Morgan fingerprint density at radius 1 is 1.40 bits per heavy atom. The zero-order valence-electron chi connectivity index (χ0n) is 12.1. The zero-order chi connectivity index (χ0) is 15.3. The molecule has 0 aliphatic heterocycles. The van der Waals surface area contributed by atoms with Crippen LogP contribution >= 0.6 is 11.6 Å². The van der Waals surface area contributed by atoms with E-state index in [2.05, 4.69) is 5.32 Å². The maximum atomic E-state index is 11.5. The summed E-state index contributed by atoms with van der Waals surface area (Å²) in [6, 6.07) is 2.45. The van der Waals surface area contributed by atoms with Crippen LogP contribution in [0, 0.1) is 0 Å². The molecule has 112 valence electrons. The summed E-state index contributed by atoms with van der Waals surface area (Å²) in [5.74, 6) is -0.183. The van der Waals surface area contributed by atoms with Crippen molar-refractivity contribution in [2.24, 2.45) is 0 Å². The summed E-state index contributed by atoms with van der Waals surface area (Å²) in [6.45, 7) is 3.90. The Morgan fingerprint density at radius 3 is 2.50 bits per heavy atom. The molecular weight excluding hydrogens is 282 g/mol. The summed E-state index contributed by atoms with van der Waals surface area (Å²) < 4.78 is 10.3. The molecule has 5 nitrogen and oxygen atoms in total. The summed E-state index contributed by atoms with van der Waals surface area (Å²) in [5.41, 5.74) is 0.456. The lowest BCUT2D eigenvalue weighted by molar-refractivity contribution is -0.139. The summed E-state index contributed by atoms with van der Waals surface area (Å²) in [4.78, 5) is 11.5. The molecule has 20 heavy (non-hydrogen) atoms. The monoisotopic (exact) mass is 301 g/mol. The number of nitrogens with one attached hydrogen (secondary N) is 1. The molecule has 1 aromatic carbocycles. The molecule has 0 fully saturated rings. The predicted molar refractivity (Wildman–Crippen MR) is 77.8 cm³/mol. The highest BCUT2D eigenvalue weighted by Crippen LogP contribution is 2.39. The van der Waals surface area contributed by atoms with Gasteiger partial charge in [0.2, 0.25) is 0 Å². The first-order chi connectivity index (χ1) is 9.46. The van der Waals surface area contributed by atoms with Gasteiger partial charge in [0.15, 0.2) is 11.5 Å². The summed E-state index contributed by atoms with van der Waals surface area (Å²) in [5, 5.41) is 12.7. The van der Waals surface area contributed by atoms with Gasteiger partial charge < -0.3 is 14.6 Å². The van der Waals surface area contributed by atoms with Crippen LogP contribution in [0.25, 0.3) is 0 Å². The molecule has 0 heterocycles. The van der Waals surface area contributed by atoms with Crippen molar-refractivity contribution in [3.05, 3.63) is 22.7 Å². The average molecular weight is 302 g/mol. The minimum absolute atomic E-state index is 0.0558. The van der Waals surface area contributed by atoms with Crippen molar-refractivity contribution in [3.63, 3.8) is 0 Å². The molecule has 0 radical (unpaired) electrons. The van der Waals surface area contributed by atoms with E-state index in [4.69, 9.17) is 21.1 Å². The van der Waals surface area contributed by atoms with Crippen LogP contribution in [0.4, 0.5) is 0 Å². The zero-order valence-corrected chi connectivity index (χ0v) is 12.8. The van der Waals surface area contributed by atoms with Crippen LogP contribution < -0.4 is 14.8 Å². The highest BCUT2D eigenvalue weighted by Gasteiger charge is 2.26. The van der Waals surface area contributed by atoms with E-state index in [-0.39, 0.29) is 11.1 Å². The van der Waals surface area contributed by atoms with Gasteiger partial charge in [-0.25, -0.2) is 0 Å². The number of methoxy groups -OCH3 is 2. The van der Waals surface area contributed by atoms with Gasteiger partial charge in [0.25, 0.3) is 0 Å². The number of hydrogen-bond acceptors (Lipinski definition) is 4. The molecule has 2 atom stereocenters. The molecule has 2 N–H and O–H groups in total. The Balaban J connectivity index is 3.24. The maximum absolute atomic E-state index is 11.5. The average Bonchev–Trinajstić information content (AvgIpc) is 2.44. The smallest absolute Gasteiger partial charge is 0.325 e. The molecule has 0 spiro atoms. The Morgan fingerprint density at radius 2 is 2.05 bits per heavy atom. The van der Waals surface area contributed by atoms with Gasteiger partial charge in [0, 0.05) is 11.6 Å². The van der Waals surface area contributed by atoms with Crippen LogP contribution in [-0.4, -0.2) is 31.3 Å². The molecule has 0 saturated heterocycles. The first-order valence-corrected chi connectivity index (χ1v) is 6.73. The van der Waals surface area contributed by atoms with Gasteiger partial charge in [-0.2, -0.15) is 0 Å². The molecule has 1 aromatic rings. The maximum Gasteiger partial charge on any atom is 0.325 e. The molecule has 0 amide bonds. The van der Waals surface area contributed by atoms with Crippen LogP contribution in [0.15, 0.2) is 12.1 Å². The summed E-state index contributed by atoms with van der Waals surface area (Å²) >= 11 is 6.25. The van der Waals surface area contributed by atoms with Crippen molar-refractivity contribution in [1.82, 2.24) is 5.32 Å². The third-order valence-electron chi connectivity index (χ3n) is 3.14. The number of carboxylic acids is 1. The van der Waals surface area contributed by atoms with Crippen molar-refractivity contribution in [2.75, 3.05) is 14.2 Å². The van der Waals surface area contributed by atoms with Crippen LogP contribution in [0.1, 0.15) is 31.9 Å². The Hall–Kier alpha value is -1.46. The number of hydrogen-bond donors (Lipinski definition) is 2. The highest BCUT2D eigenvalue weighted by molar-refractivity contribution is 6.33. The van der Waals surface area contributed by atoms with Crippen LogP contribution in [0.3, 0.4) is 0 Å². The van der Waals surface area contributed by atoms with Crippen molar-refractivity contribution < 1.29 is 19.4 Å². The normalized spacial score (nSPS) is 13.7. The SMILES string of the molecule is CCC(C)NC(C(=O)O)c1ccc(OC)c(OC)c1Cl. The van der Waals surface area contributed by atoms with Crippen LogP contribution in [0.2, 0.25) is 5.02 Å². The number of carbonyl (C=O) groups is 1. The molecular formula is C14H20ClNO4. The van der Waals surface area contributed by atoms with Crippen molar-refractivity contribution in [1.29, 1.82) is 0 Å². The van der Waals surface area contributed by atoms with E-state index < -0.39 is 12.0 Å². The molecule has 0 bridgehead atoms. The van der Waals surface area contributed by atoms with Gasteiger partial charge in [-0.05, 0) is 19.4 Å². The number of rotatable bonds is 7. The third-order valence-corrected chi connectivity index (χ3v) is 3.53. The largest absolute Gasteiger partial charge is 0.493 e. The first-order valence-electron chi connectivity index (χ1n) is 6.35. The lowest BCUT2D eigenvalue weighted by Crippen LogP contribution is -2.35. The molecule has 0 aliphatic carbocycles. The molecule has 0 saturated carbocycles. The number of aliphatic carboxylic acids is 1. The van der Waals surface area contributed by atoms with Gasteiger partial charge in [-0.1, -0.05) is 24.6 Å². The Bertz CT molecular complexity index is 478. The number of carboxylic acid groups (broad SMARTS) is 1. The van der Waals surface area contributed by atoms with E-state index in [1.54, 1.807) is 12.1 Å². The van der Waals surface area contributed by atoms with E-state index in [9.17, 15) is 9.90 Å². The molecule has 0 aromatic heterocycles. The topological polar surface area (TPSA) is 67.8 Å². The van der Waals surface area contributed by atoms with Gasteiger partial charge in [-0.15, -0.1) is 0 Å². The van der Waals surface area contributed by atoms with Gasteiger partial charge in [0.1, 0.15) is 6.04 Å². The molecule has 2 unspecified atom stereocenters. The number of benzene rings is 1. The second-order valence-corrected chi connectivity index (χ2v) is 4.83. The summed E-state index contributed by atoms with van der Waals surface area (Å²) in [7, 11) is 2.96. The second kappa shape index (κ2) is 7.36. The van der Waals surface area contributed by atoms with E-state index >= 15 is 0 Å². The molecule has 1 rings (SSSR count). The van der Waals surface area contributed by atoms with Gasteiger partial charge >= 0.3 is 5.97 Å². The molecule has 6 heteroatoms. The first kappa shape index (κ1) is 16.6. The van der Waals surface area contributed by atoms with Gasteiger partial charge in [-0.3, -0.25) is 10.1 Å². The lowest BCUT2D eigenvalue weighted by atomic mass is 10.0. The van der Waals surface area contributed by atoms with Gasteiger partial charge in [0.05, 0.1) is 19.2 Å². The van der Waals surface area contributed by atoms with Crippen LogP contribution in [-0.2, 0) is 4.79 Å².